The molecule has 0 bridgehead atoms. The van der Waals surface area contributed by atoms with E-state index in [2.05, 4.69) is 26.8 Å². The molecule has 1 aliphatic rings. The third kappa shape index (κ3) is 4.80. The van der Waals surface area contributed by atoms with Gasteiger partial charge in [0, 0.05) is 11.6 Å². The normalized spacial score (nSPS) is 14.8. The van der Waals surface area contributed by atoms with Crippen LogP contribution in [0, 0.1) is 11.3 Å². The topological polar surface area (TPSA) is 112 Å². The van der Waals surface area contributed by atoms with Crippen LogP contribution in [0.1, 0.15) is 64.1 Å². The molecule has 1 atom stereocenters. The fourth-order valence-corrected chi connectivity index (χ4v) is 4.04. The van der Waals surface area contributed by atoms with Crippen LogP contribution in [0.25, 0.3) is 0 Å². The first-order valence-electron chi connectivity index (χ1n) is 11.3. The second-order valence-corrected chi connectivity index (χ2v) is 9.45. The molecular formula is C29H26N2O5. The summed E-state index contributed by atoms with van der Waals surface area (Å²) in [5.41, 5.74) is 9.66. The summed E-state index contributed by atoms with van der Waals surface area (Å²) < 4.78 is 16.1. The number of hydrogen-bond donors (Lipinski definition) is 1. The molecule has 0 saturated carbocycles. The van der Waals surface area contributed by atoms with E-state index in [-0.39, 0.29) is 22.6 Å². The maximum atomic E-state index is 12.7. The Bertz CT molecular complexity index is 1390. The lowest BCUT2D eigenvalue weighted by Crippen LogP contribution is -2.21. The molecule has 0 spiro atoms. The van der Waals surface area contributed by atoms with Crippen LogP contribution < -0.4 is 15.2 Å². The summed E-state index contributed by atoms with van der Waals surface area (Å²) in [7, 11) is 1.31. The van der Waals surface area contributed by atoms with Crippen LogP contribution >= 0.6 is 0 Å². The number of ether oxygens (including phenoxy) is 3. The molecule has 3 aromatic carbocycles. The van der Waals surface area contributed by atoms with E-state index in [4.69, 9.17) is 19.9 Å². The monoisotopic (exact) mass is 482 g/mol. The Hall–Kier alpha value is -4.57. The number of carbonyl (C=O) groups is 2. The molecule has 0 saturated heterocycles. The van der Waals surface area contributed by atoms with E-state index >= 15 is 0 Å². The van der Waals surface area contributed by atoms with E-state index in [0.29, 0.717) is 22.4 Å². The quantitative estimate of drug-likeness (QED) is 0.401. The predicted molar refractivity (Wildman–Crippen MR) is 134 cm³/mol. The summed E-state index contributed by atoms with van der Waals surface area (Å²) in [4.78, 5) is 24.5. The lowest BCUT2D eigenvalue weighted by molar-refractivity contribution is 0.0600. The summed E-state index contributed by atoms with van der Waals surface area (Å²) >= 11 is 0. The maximum Gasteiger partial charge on any atom is 0.343 e. The van der Waals surface area contributed by atoms with Crippen LogP contribution in [0.2, 0.25) is 0 Å². The maximum absolute atomic E-state index is 12.7. The smallest absolute Gasteiger partial charge is 0.343 e. The molecule has 0 fully saturated rings. The Morgan fingerprint density at radius 2 is 1.56 bits per heavy atom. The van der Waals surface area contributed by atoms with Gasteiger partial charge in [0.15, 0.2) is 0 Å². The third-order valence-corrected chi connectivity index (χ3v) is 6.05. The van der Waals surface area contributed by atoms with E-state index in [1.54, 1.807) is 54.6 Å². The molecule has 4 rings (SSSR count). The van der Waals surface area contributed by atoms with Crippen LogP contribution in [-0.2, 0) is 10.2 Å². The summed E-state index contributed by atoms with van der Waals surface area (Å²) in [5, 5.41) is 9.76. The van der Waals surface area contributed by atoms with Gasteiger partial charge in [0.1, 0.15) is 23.1 Å². The molecule has 36 heavy (non-hydrogen) atoms. The minimum Gasteiger partial charge on any atom is -0.465 e. The van der Waals surface area contributed by atoms with Crippen molar-refractivity contribution in [3.05, 3.63) is 106 Å². The van der Waals surface area contributed by atoms with Crippen molar-refractivity contribution >= 4 is 11.9 Å². The lowest BCUT2D eigenvalue weighted by Gasteiger charge is -2.26. The molecule has 7 nitrogen and oxygen atoms in total. The molecule has 2 N–H and O–H groups in total. The van der Waals surface area contributed by atoms with E-state index in [1.807, 2.05) is 12.1 Å². The van der Waals surface area contributed by atoms with E-state index in [1.165, 1.54) is 7.11 Å². The Morgan fingerprint density at radius 1 is 0.944 bits per heavy atom. The first-order chi connectivity index (χ1) is 17.1. The SMILES string of the molecule is COC(=O)c1ccc(C2C(C#N)=C(N)Oc3cc(OC(=O)c4ccc(C(C)(C)C)cc4)ccc32)cc1. The van der Waals surface area contributed by atoms with Gasteiger partial charge >= 0.3 is 11.9 Å². The number of carbonyl (C=O) groups excluding carboxylic acids is 2. The number of allylic oxidation sites excluding steroid dienone is 1. The molecule has 1 aliphatic heterocycles. The third-order valence-electron chi connectivity index (χ3n) is 6.05. The number of rotatable bonds is 4. The molecule has 0 aromatic heterocycles. The van der Waals surface area contributed by atoms with Crippen molar-refractivity contribution in [2.24, 2.45) is 5.73 Å². The van der Waals surface area contributed by atoms with Crippen molar-refractivity contribution in [2.75, 3.05) is 7.11 Å². The standard InChI is InChI=1S/C29H26N2O5/c1-29(2,3)20-11-9-19(10-12-20)28(33)35-21-13-14-22-24(15-21)36-26(31)23(16-30)25(22)17-5-7-18(8-6-17)27(32)34-4/h5-15,25H,31H2,1-4H3. The number of methoxy groups -OCH3 is 1. The Balaban J connectivity index is 1.62. The largest absolute Gasteiger partial charge is 0.465 e. The summed E-state index contributed by atoms with van der Waals surface area (Å²) in [6, 6.07) is 21.1. The molecule has 1 heterocycles. The zero-order chi connectivity index (χ0) is 26.0. The molecule has 7 heteroatoms. The van der Waals surface area contributed by atoms with Gasteiger partial charge in [0.05, 0.1) is 24.2 Å². The van der Waals surface area contributed by atoms with Crippen LogP contribution in [0.3, 0.4) is 0 Å². The Morgan fingerprint density at radius 3 is 2.14 bits per heavy atom. The molecular weight excluding hydrogens is 456 g/mol. The fourth-order valence-electron chi connectivity index (χ4n) is 4.04. The van der Waals surface area contributed by atoms with Gasteiger partial charge in [-0.25, -0.2) is 9.59 Å². The Labute approximate surface area is 209 Å². The van der Waals surface area contributed by atoms with Gasteiger partial charge in [-0.1, -0.05) is 51.1 Å². The van der Waals surface area contributed by atoms with Crippen molar-refractivity contribution in [1.29, 1.82) is 5.26 Å². The van der Waals surface area contributed by atoms with Crippen LogP contribution in [0.15, 0.2) is 78.2 Å². The number of hydrogen-bond acceptors (Lipinski definition) is 7. The van der Waals surface area contributed by atoms with Gasteiger partial charge in [-0.15, -0.1) is 0 Å². The summed E-state index contributed by atoms with van der Waals surface area (Å²) in [6.07, 6.45) is 0. The van der Waals surface area contributed by atoms with Gasteiger partial charge in [0.25, 0.3) is 0 Å². The highest BCUT2D eigenvalue weighted by Gasteiger charge is 2.31. The van der Waals surface area contributed by atoms with Crippen molar-refractivity contribution < 1.29 is 23.8 Å². The summed E-state index contributed by atoms with van der Waals surface area (Å²) in [5.74, 6) is -0.839. The van der Waals surface area contributed by atoms with Crippen molar-refractivity contribution in [3.63, 3.8) is 0 Å². The predicted octanol–water partition coefficient (Wildman–Crippen LogP) is 5.21. The number of nitrogens with two attached hydrogens (primary N) is 1. The second kappa shape index (κ2) is 9.59. The van der Waals surface area contributed by atoms with Gasteiger partial charge in [-0.2, -0.15) is 5.26 Å². The first-order valence-corrected chi connectivity index (χ1v) is 11.3. The zero-order valence-corrected chi connectivity index (χ0v) is 20.5. The molecule has 0 radical (unpaired) electrons. The zero-order valence-electron chi connectivity index (χ0n) is 20.5. The lowest BCUT2D eigenvalue weighted by atomic mass is 9.83. The number of esters is 2. The van der Waals surface area contributed by atoms with Crippen molar-refractivity contribution in [2.45, 2.75) is 32.1 Å². The number of fused-ring (bicyclic) bond motifs is 1. The van der Waals surface area contributed by atoms with E-state index in [0.717, 1.165) is 11.1 Å². The molecule has 182 valence electrons. The highest BCUT2D eigenvalue weighted by Crippen LogP contribution is 2.43. The van der Waals surface area contributed by atoms with Crippen molar-refractivity contribution in [1.82, 2.24) is 0 Å². The molecule has 0 aliphatic carbocycles. The minimum atomic E-state index is -0.514. The van der Waals surface area contributed by atoms with E-state index < -0.39 is 17.9 Å². The molecule has 1 unspecified atom stereocenters. The van der Waals surface area contributed by atoms with Gasteiger partial charge in [0.2, 0.25) is 5.88 Å². The molecule has 0 amide bonds. The second-order valence-electron chi connectivity index (χ2n) is 9.45. The van der Waals surface area contributed by atoms with E-state index in [9.17, 15) is 14.9 Å². The van der Waals surface area contributed by atoms with Gasteiger partial charge in [-0.05, 0) is 46.9 Å². The van der Waals surface area contributed by atoms with Gasteiger partial charge in [-0.3, -0.25) is 0 Å². The summed E-state index contributed by atoms with van der Waals surface area (Å²) in [6.45, 7) is 6.31. The highest BCUT2D eigenvalue weighted by atomic mass is 16.5. The average Bonchev–Trinajstić information content (AvgIpc) is 2.87. The molecule has 3 aromatic rings. The fraction of sp³-hybridized carbons (Fsp3) is 0.207. The van der Waals surface area contributed by atoms with Crippen LogP contribution in [-0.4, -0.2) is 19.0 Å². The van der Waals surface area contributed by atoms with Crippen LogP contribution in [0.5, 0.6) is 11.5 Å². The first kappa shape index (κ1) is 24.6. The van der Waals surface area contributed by atoms with Crippen LogP contribution in [0.4, 0.5) is 0 Å². The Kier molecular flexibility index (Phi) is 6.54. The number of nitriles is 1. The highest BCUT2D eigenvalue weighted by molar-refractivity contribution is 5.91. The van der Waals surface area contributed by atoms with Gasteiger partial charge < -0.3 is 19.9 Å². The minimum absolute atomic E-state index is 0.0236. The van der Waals surface area contributed by atoms with Crippen molar-refractivity contribution in [3.8, 4) is 17.6 Å². The number of nitrogens with zero attached hydrogens (tertiary/aromatic N) is 1. The number of benzene rings is 3. The average molecular weight is 483 g/mol.